The summed E-state index contributed by atoms with van der Waals surface area (Å²) in [4.78, 5) is 18.6. The molecule has 0 aromatic carbocycles. The second kappa shape index (κ2) is 24.3. The molecule has 100 valence electrons. The molecule has 0 aliphatic rings. The number of hydrogen-bond acceptors (Lipinski definition) is 6. The Morgan fingerprint density at radius 1 is 0.944 bits per heavy atom. The predicted octanol–water partition coefficient (Wildman–Crippen LogP) is -5.15. The fourth-order valence-electron chi connectivity index (χ4n) is 0.960. The number of aliphatic hydroxyl groups is 1. The van der Waals surface area contributed by atoms with Crippen LogP contribution in [0.1, 0.15) is 45.4 Å². The summed E-state index contributed by atoms with van der Waals surface area (Å²) in [5.41, 5.74) is 0. The molecule has 0 aliphatic carbocycles. The maximum Gasteiger partial charge on any atom is 1.00 e. The van der Waals surface area contributed by atoms with Crippen molar-refractivity contribution >= 4 is 16.5 Å². The first-order valence-electron chi connectivity index (χ1n) is 5.25. The van der Waals surface area contributed by atoms with Crippen molar-refractivity contribution in [3.8, 4) is 0 Å². The van der Waals surface area contributed by atoms with Crippen LogP contribution in [0.25, 0.3) is 0 Å². The molecule has 0 spiro atoms. The average molecular weight is 320 g/mol. The SMILES string of the molecule is CCCCCCCCO.O=[PH]([O-])O[PH](=O)[O-].[Na+].[Na+]. The summed E-state index contributed by atoms with van der Waals surface area (Å²) in [6, 6.07) is 0. The van der Waals surface area contributed by atoms with Gasteiger partial charge in [-0.3, -0.25) is 4.31 Å². The van der Waals surface area contributed by atoms with Crippen molar-refractivity contribution in [2.45, 2.75) is 45.4 Å². The summed E-state index contributed by atoms with van der Waals surface area (Å²) >= 11 is 0. The van der Waals surface area contributed by atoms with Gasteiger partial charge in [0.2, 0.25) is 0 Å². The molecule has 0 heterocycles. The Labute approximate surface area is 154 Å². The van der Waals surface area contributed by atoms with E-state index in [-0.39, 0.29) is 59.1 Å². The first-order valence-corrected chi connectivity index (χ1v) is 7.70. The van der Waals surface area contributed by atoms with Gasteiger partial charge in [-0.1, -0.05) is 39.0 Å². The molecule has 6 nitrogen and oxygen atoms in total. The number of aliphatic hydroxyl groups excluding tert-OH is 1. The van der Waals surface area contributed by atoms with E-state index in [1.54, 1.807) is 0 Å². The van der Waals surface area contributed by atoms with Crippen molar-refractivity contribution in [2.75, 3.05) is 6.61 Å². The molecule has 18 heavy (non-hydrogen) atoms. The Kier molecular flexibility index (Phi) is 38.5. The van der Waals surface area contributed by atoms with Crippen LogP contribution in [0.2, 0.25) is 0 Å². The molecule has 0 bridgehead atoms. The monoisotopic (exact) mass is 320 g/mol. The molecular formula is C8H20Na2O6P2. The zero-order valence-corrected chi connectivity index (χ0v) is 17.4. The van der Waals surface area contributed by atoms with Crippen LogP contribution < -0.4 is 68.9 Å². The van der Waals surface area contributed by atoms with Crippen LogP contribution in [-0.2, 0) is 13.4 Å². The molecule has 0 amide bonds. The molecule has 0 aromatic rings. The summed E-state index contributed by atoms with van der Waals surface area (Å²) in [5, 5.41) is 8.42. The topological polar surface area (TPSA) is 110 Å². The standard InChI is InChI=1S/C8H18O.2Na.H4O5P2/c1-2-3-4-5-6-7-8-9;;;1-6(2)5-7(3)4/h9H,2-8H2,1H3;;;6-7H,(H,1,2)(H,3,4)/q;2*+1;/p-2. The largest absolute Gasteiger partial charge is 1.00 e. The van der Waals surface area contributed by atoms with Gasteiger partial charge in [0.25, 0.3) is 0 Å². The van der Waals surface area contributed by atoms with Crippen molar-refractivity contribution < 1.29 is 87.4 Å². The van der Waals surface area contributed by atoms with E-state index in [9.17, 15) is 18.9 Å². The number of rotatable bonds is 8. The molecule has 0 saturated carbocycles. The molecule has 0 aromatic heterocycles. The molecule has 10 heteroatoms. The van der Waals surface area contributed by atoms with Gasteiger partial charge in [-0.25, -0.2) is 0 Å². The van der Waals surface area contributed by atoms with Gasteiger partial charge in [0.15, 0.2) is 0 Å². The minimum absolute atomic E-state index is 0. The van der Waals surface area contributed by atoms with Crippen LogP contribution in [0.5, 0.6) is 0 Å². The van der Waals surface area contributed by atoms with Gasteiger partial charge >= 0.3 is 59.1 Å². The molecule has 0 fully saturated rings. The number of hydrogen-bond donors (Lipinski definition) is 1. The van der Waals surface area contributed by atoms with E-state index < -0.39 is 16.5 Å². The van der Waals surface area contributed by atoms with Crippen LogP contribution in [-0.4, -0.2) is 11.7 Å². The van der Waals surface area contributed by atoms with Gasteiger partial charge in [-0.05, 0) is 6.42 Å². The van der Waals surface area contributed by atoms with Gasteiger partial charge in [0.05, 0.1) is 0 Å². The van der Waals surface area contributed by atoms with E-state index in [2.05, 4.69) is 11.2 Å². The minimum Gasteiger partial charge on any atom is -0.781 e. The second-order valence-corrected chi connectivity index (χ2v) is 4.91. The van der Waals surface area contributed by atoms with Gasteiger partial charge in [-0.15, -0.1) is 0 Å². The van der Waals surface area contributed by atoms with Crippen LogP contribution >= 0.6 is 16.5 Å². The Morgan fingerprint density at radius 3 is 1.61 bits per heavy atom. The quantitative estimate of drug-likeness (QED) is 0.272. The number of unbranched alkanes of at least 4 members (excludes halogenated alkanes) is 5. The Morgan fingerprint density at radius 2 is 1.33 bits per heavy atom. The first kappa shape index (κ1) is 28.5. The fourth-order valence-corrected chi connectivity index (χ4v) is 1.50. The first-order chi connectivity index (χ1) is 7.54. The van der Waals surface area contributed by atoms with Crippen LogP contribution in [0, 0.1) is 0 Å². The van der Waals surface area contributed by atoms with Crippen molar-refractivity contribution in [3.63, 3.8) is 0 Å². The summed E-state index contributed by atoms with van der Waals surface area (Å²) in [6.45, 7) is 2.58. The van der Waals surface area contributed by atoms with Crippen molar-refractivity contribution in [1.29, 1.82) is 0 Å². The molecule has 2 atom stereocenters. The Hall–Kier alpha value is 2.30. The summed E-state index contributed by atoms with van der Waals surface area (Å²) in [6.07, 6.45) is 7.50. The van der Waals surface area contributed by atoms with E-state index in [1.807, 2.05) is 0 Å². The molecule has 0 saturated heterocycles. The van der Waals surface area contributed by atoms with Crippen LogP contribution in [0.15, 0.2) is 0 Å². The fraction of sp³-hybridized carbons (Fsp3) is 1.00. The van der Waals surface area contributed by atoms with Crippen molar-refractivity contribution in [1.82, 2.24) is 0 Å². The van der Waals surface area contributed by atoms with E-state index in [0.29, 0.717) is 6.61 Å². The molecule has 2 unspecified atom stereocenters. The third-order valence-corrected chi connectivity index (χ3v) is 3.01. The van der Waals surface area contributed by atoms with Crippen LogP contribution in [0.4, 0.5) is 0 Å². The molecule has 0 aliphatic heterocycles. The zero-order chi connectivity index (χ0) is 12.8. The maximum atomic E-state index is 9.29. The maximum absolute atomic E-state index is 9.29. The zero-order valence-electron chi connectivity index (χ0n) is 11.4. The summed E-state index contributed by atoms with van der Waals surface area (Å²) in [7, 11) is -7.03. The second-order valence-electron chi connectivity index (χ2n) is 3.09. The van der Waals surface area contributed by atoms with Crippen LogP contribution in [0.3, 0.4) is 0 Å². The predicted molar refractivity (Wildman–Crippen MR) is 59.5 cm³/mol. The molecule has 1 N–H and O–H groups in total. The van der Waals surface area contributed by atoms with E-state index >= 15 is 0 Å². The van der Waals surface area contributed by atoms with Gasteiger partial charge in [-0.2, -0.15) is 0 Å². The van der Waals surface area contributed by atoms with Crippen molar-refractivity contribution in [2.24, 2.45) is 0 Å². The smallest absolute Gasteiger partial charge is 0.781 e. The minimum atomic E-state index is -3.51. The summed E-state index contributed by atoms with van der Waals surface area (Å²) in [5.74, 6) is 0. The Balaban J connectivity index is -0.000000100. The van der Waals surface area contributed by atoms with Gasteiger partial charge in [0, 0.05) is 6.61 Å². The van der Waals surface area contributed by atoms with E-state index in [0.717, 1.165) is 6.42 Å². The molecular weight excluding hydrogens is 300 g/mol. The third-order valence-electron chi connectivity index (χ3n) is 1.68. The van der Waals surface area contributed by atoms with Crippen molar-refractivity contribution in [3.05, 3.63) is 0 Å². The van der Waals surface area contributed by atoms with E-state index in [4.69, 9.17) is 5.11 Å². The Bertz CT molecular complexity index is 178. The van der Waals surface area contributed by atoms with Gasteiger partial charge < -0.3 is 24.0 Å². The molecule has 0 rings (SSSR count). The van der Waals surface area contributed by atoms with E-state index in [1.165, 1.54) is 32.1 Å². The molecule has 0 radical (unpaired) electrons. The normalized spacial score (nSPS) is 12.2. The average Bonchev–Trinajstić information content (AvgIpc) is 2.16. The van der Waals surface area contributed by atoms with Gasteiger partial charge in [0.1, 0.15) is 16.5 Å². The third kappa shape index (κ3) is 36.2. The summed E-state index contributed by atoms with van der Waals surface area (Å²) < 4.78 is 21.8.